The lowest BCUT2D eigenvalue weighted by Crippen LogP contribution is -2.55. The first kappa shape index (κ1) is 16.3. The van der Waals surface area contributed by atoms with Gasteiger partial charge in [-0.15, -0.1) is 0 Å². The van der Waals surface area contributed by atoms with Gasteiger partial charge in [-0.25, -0.2) is 4.39 Å². The van der Waals surface area contributed by atoms with E-state index < -0.39 is 0 Å². The van der Waals surface area contributed by atoms with Gasteiger partial charge in [-0.05, 0) is 18.6 Å². The largest absolute Gasteiger partial charge is 0.375 e. The lowest BCUT2D eigenvalue weighted by molar-refractivity contribution is -0.128. The summed E-state index contributed by atoms with van der Waals surface area (Å²) in [6, 6.07) is 6.48. The van der Waals surface area contributed by atoms with Crippen LogP contribution in [0.25, 0.3) is 0 Å². The summed E-state index contributed by atoms with van der Waals surface area (Å²) in [6.45, 7) is 3.81. The molecule has 1 aliphatic heterocycles. The number of thioether (sulfide) groups is 1. The molecule has 0 bridgehead atoms. The highest BCUT2D eigenvalue weighted by Crippen LogP contribution is 2.14. The van der Waals surface area contributed by atoms with Crippen molar-refractivity contribution in [3.8, 4) is 0 Å². The zero-order chi connectivity index (χ0) is 15.1. The molecule has 4 nitrogen and oxygen atoms in total. The predicted octanol–water partition coefficient (Wildman–Crippen LogP) is 1.55. The summed E-state index contributed by atoms with van der Waals surface area (Å²) in [6.07, 6.45) is -0.107. The van der Waals surface area contributed by atoms with Crippen molar-refractivity contribution >= 4 is 17.7 Å². The quantitative estimate of drug-likeness (QED) is 0.783. The molecular formula is C15H21FN2O2S. The summed E-state index contributed by atoms with van der Waals surface area (Å²) < 4.78 is 18.8. The number of ether oxygens (including phenoxy) is 1. The number of morpholine rings is 1. The lowest BCUT2D eigenvalue weighted by atomic mass is 10.1. The maximum absolute atomic E-state index is 13.4. The average molecular weight is 312 g/mol. The molecular weight excluding hydrogens is 291 g/mol. The molecule has 2 atom stereocenters. The maximum atomic E-state index is 13.4. The molecule has 1 aliphatic rings. The number of rotatable bonds is 6. The van der Waals surface area contributed by atoms with Crippen molar-refractivity contribution in [1.82, 2.24) is 10.6 Å². The Morgan fingerprint density at radius 1 is 1.52 bits per heavy atom. The Kier molecular flexibility index (Phi) is 6.48. The second-order valence-electron chi connectivity index (χ2n) is 4.94. The van der Waals surface area contributed by atoms with Crippen LogP contribution in [-0.4, -0.2) is 43.5 Å². The number of amides is 1. The van der Waals surface area contributed by atoms with Crippen LogP contribution in [0.4, 0.5) is 4.39 Å². The summed E-state index contributed by atoms with van der Waals surface area (Å²) in [5.41, 5.74) is 0.699. The smallest absolute Gasteiger partial charge is 0.239 e. The number of hydrogen-bond donors (Lipinski definition) is 2. The Labute approximate surface area is 128 Å². The summed E-state index contributed by atoms with van der Waals surface area (Å²) >= 11 is 1.60. The number of halogens is 1. The summed E-state index contributed by atoms with van der Waals surface area (Å²) in [5.74, 6) is 1.16. The van der Waals surface area contributed by atoms with Gasteiger partial charge in [0.2, 0.25) is 5.91 Å². The molecule has 1 aromatic rings. The van der Waals surface area contributed by atoms with Gasteiger partial charge in [0.1, 0.15) is 11.9 Å². The van der Waals surface area contributed by atoms with Crippen LogP contribution in [0.15, 0.2) is 24.3 Å². The van der Waals surface area contributed by atoms with Crippen molar-refractivity contribution in [2.75, 3.05) is 25.4 Å². The first-order valence-electron chi connectivity index (χ1n) is 7.12. The van der Waals surface area contributed by atoms with Crippen LogP contribution in [0, 0.1) is 5.82 Å². The van der Waals surface area contributed by atoms with Crippen LogP contribution in [0.3, 0.4) is 0 Å². The van der Waals surface area contributed by atoms with Crippen LogP contribution >= 0.6 is 11.8 Å². The van der Waals surface area contributed by atoms with E-state index in [2.05, 4.69) is 10.6 Å². The SMILES string of the molecule is C[C@H]1OCCN[C@@H]1C(=O)NCCSCc1ccccc1F. The van der Waals surface area contributed by atoms with E-state index in [9.17, 15) is 9.18 Å². The Morgan fingerprint density at radius 3 is 3.10 bits per heavy atom. The van der Waals surface area contributed by atoms with Gasteiger partial charge in [-0.3, -0.25) is 4.79 Å². The monoisotopic (exact) mass is 312 g/mol. The number of carbonyl (C=O) groups excluding carboxylic acids is 1. The number of nitrogens with one attached hydrogen (secondary N) is 2. The highest BCUT2D eigenvalue weighted by Gasteiger charge is 2.27. The topological polar surface area (TPSA) is 50.4 Å². The standard InChI is InChI=1S/C15H21FN2O2S/c1-11-14(17-6-8-20-11)15(19)18-7-9-21-10-12-4-2-3-5-13(12)16/h2-5,11,14,17H,6-10H2,1H3,(H,18,19)/t11-,14+/m1/s1. The van der Waals surface area contributed by atoms with Crippen molar-refractivity contribution in [3.05, 3.63) is 35.6 Å². The minimum atomic E-state index is -0.282. The molecule has 21 heavy (non-hydrogen) atoms. The van der Waals surface area contributed by atoms with Gasteiger partial charge < -0.3 is 15.4 Å². The zero-order valence-corrected chi connectivity index (χ0v) is 12.9. The summed E-state index contributed by atoms with van der Waals surface area (Å²) in [5, 5.41) is 6.04. The minimum absolute atomic E-state index is 0.0336. The van der Waals surface area contributed by atoms with Crippen LogP contribution in [0.1, 0.15) is 12.5 Å². The van der Waals surface area contributed by atoms with Gasteiger partial charge in [-0.2, -0.15) is 11.8 Å². The Bertz CT molecular complexity index is 473. The van der Waals surface area contributed by atoms with Crippen LogP contribution in [0.5, 0.6) is 0 Å². The molecule has 1 amide bonds. The van der Waals surface area contributed by atoms with Crippen LogP contribution in [0.2, 0.25) is 0 Å². The molecule has 6 heteroatoms. The number of benzene rings is 1. The zero-order valence-electron chi connectivity index (χ0n) is 12.1. The molecule has 2 rings (SSSR count). The van der Waals surface area contributed by atoms with E-state index in [1.54, 1.807) is 23.9 Å². The van der Waals surface area contributed by atoms with E-state index in [4.69, 9.17) is 4.74 Å². The fourth-order valence-corrected chi connectivity index (χ4v) is 3.03. The van der Waals surface area contributed by atoms with Gasteiger partial charge in [0.25, 0.3) is 0 Å². The summed E-state index contributed by atoms with van der Waals surface area (Å²) in [4.78, 5) is 12.0. The molecule has 0 aromatic heterocycles. The first-order valence-corrected chi connectivity index (χ1v) is 8.28. The van der Waals surface area contributed by atoms with Crippen LogP contribution < -0.4 is 10.6 Å². The molecule has 116 valence electrons. The Hall–Kier alpha value is -1.11. The third-order valence-electron chi connectivity index (χ3n) is 3.36. The normalized spacial score (nSPS) is 22.0. The minimum Gasteiger partial charge on any atom is -0.375 e. The molecule has 1 saturated heterocycles. The molecule has 0 aliphatic carbocycles. The van der Waals surface area contributed by atoms with Crippen molar-refractivity contribution in [2.45, 2.75) is 24.8 Å². The van der Waals surface area contributed by atoms with E-state index in [0.717, 1.165) is 5.75 Å². The number of hydrogen-bond acceptors (Lipinski definition) is 4. The highest BCUT2D eigenvalue weighted by atomic mass is 32.2. The molecule has 1 heterocycles. The average Bonchev–Trinajstić information content (AvgIpc) is 2.49. The third-order valence-corrected chi connectivity index (χ3v) is 4.37. The van der Waals surface area contributed by atoms with E-state index in [1.165, 1.54) is 6.07 Å². The molecule has 0 radical (unpaired) electrons. The predicted molar refractivity (Wildman–Crippen MR) is 82.8 cm³/mol. The lowest BCUT2D eigenvalue weighted by Gasteiger charge is -2.29. The first-order chi connectivity index (χ1) is 10.2. The Balaban J connectivity index is 1.63. The van der Waals surface area contributed by atoms with Crippen molar-refractivity contribution in [1.29, 1.82) is 0 Å². The molecule has 1 fully saturated rings. The molecule has 2 N–H and O–H groups in total. The van der Waals surface area contributed by atoms with E-state index in [-0.39, 0.29) is 23.9 Å². The van der Waals surface area contributed by atoms with Crippen LogP contribution in [-0.2, 0) is 15.3 Å². The Morgan fingerprint density at radius 2 is 2.33 bits per heavy atom. The van der Waals surface area contributed by atoms with E-state index in [0.29, 0.717) is 31.0 Å². The molecule has 0 saturated carbocycles. The molecule has 0 unspecified atom stereocenters. The second-order valence-corrected chi connectivity index (χ2v) is 6.05. The van der Waals surface area contributed by atoms with Crippen molar-refractivity contribution in [3.63, 3.8) is 0 Å². The fraction of sp³-hybridized carbons (Fsp3) is 0.533. The summed E-state index contributed by atoms with van der Waals surface area (Å²) in [7, 11) is 0. The van der Waals surface area contributed by atoms with Gasteiger partial charge >= 0.3 is 0 Å². The van der Waals surface area contributed by atoms with Gasteiger partial charge in [0.05, 0.1) is 12.7 Å². The maximum Gasteiger partial charge on any atom is 0.239 e. The highest BCUT2D eigenvalue weighted by molar-refractivity contribution is 7.98. The van der Waals surface area contributed by atoms with Crippen molar-refractivity contribution < 1.29 is 13.9 Å². The van der Waals surface area contributed by atoms with Crippen molar-refractivity contribution in [2.24, 2.45) is 0 Å². The second kappa shape index (κ2) is 8.36. The molecule has 1 aromatic carbocycles. The third kappa shape index (κ3) is 4.98. The molecule has 0 spiro atoms. The number of carbonyl (C=O) groups is 1. The van der Waals surface area contributed by atoms with E-state index in [1.807, 2.05) is 13.0 Å². The van der Waals surface area contributed by atoms with E-state index >= 15 is 0 Å². The van der Waals surface area contributed by atoms with Gasteiger partial charge in [-0.1, -0.05) is 18.2 Å². The fourth-order valence-electron chi connectivity index (χ4n) is 2.18. The van der Waals surface area contributed by atoms with Gasteiger partial charge in [0, 0.05) is 24.6 Å². The van der Waals surface area contributed by atoms with Gasteiger partial charge in [0.15, 0.2) is 0 Å².